The Hall–Kier alpha value is -1.02. The number of rotatable bonds is 4. The molecule has 0 aliphatic carbocycles. The number of nitrogens with one attached hydrogen (secondary N) is 1. The van der Waals surface area contributed by atoms with Gasteiger partial charge in [-0.3, -0.25) is 0 Å². The Balaban J connectivity index is 2.26. The van der Waals surface area contributed by atoms with Crippen LogP contribution in [0.4, 0.5) is 0 Å². The predicted octanol–water partition coefficient (Wildman–Crippen LogP) is 5.16. The van der Waals surface area contributed by atoms with Crippen LogP contribution < -0.4 is 5.32 Å². The van der Waals surface area contributed by atoms with Crippen molar-refractivity contribution >= 4 is 23.2 Å². The van der Waals surface area contributed by atoms with E-state index in [4.69, 9.17) is 23.2 Å². The molecule has 2 aromatic carbocycles. The summed E-state index contributed by atoms with van der Waals surface area (Å²) in [4.78, 5) is 0. The second-order valence-electron chi connectivity index (χ2n) is 4.82. The Morgan fingerprint density at radius 2 is 1.74 bits per heavy atom. The van der Waals surface area contributed by atoms with Crippen molar-refractivity contribution in [1.82, 2.24) is 5.32 Å². The summed E-state index contributed by atoms with van der Waals surface area (Å²) in [5.74, 6) is 0. The van der Waals surface area contributed by atoms with Gasteiger partial charge in [-0.2, -0.15) is 0 Å². The molecule has 0 fully saturated rings. The first-order chi connectivity index (χ1) is 9.08. The minimum absolute atomic E-state index is 0.444. The van der Waals surface area contributed by atoms with Crippen LogP contribution in [0.15, 0.2) is 42.5 Å². The van der Waals surface area contributed by atoms with Gasteiger partial charge in [0.05, 0.1) is 0 Å². The number of hydrogen-bond donors (Lipinski definition) is 1. The summed E-state index contributed by atoms with van der Waals surface area (Å²) >= 11 is 12.5. The van der Waals surface area contributed by atoms with Crippen LogP contribution in [0.25, 0.3) is 11.1 Å². The molecule has 3 heteroatoms. The van der Waals surface area contributed by atoms with Crippen LogP contribution in [-0.2, 0) is 6.54 Å². The zero-order valence-electron chi connectivity index (χ0n) is 11.1. The third-order valence-electron chi connectivity index (χ3n) is 2.94. The highest BCUT2D eigenvalue weighted by Crippen LogP contribution is 2.30. The average molecular weight is 294 g/mol. The van der Waals surface area contributed by atoms with Crippen molar-refractivity contribution in [1.29, 1.82) is 0 Å². The molecule has 2 aromatic rings. The van der Waals surface area contributed by atoms with Gasteiger partial charge in [0.25, 0.3) is 0 Å². The Bertz CT molecular complexity index is 564. The third kappa shape index (κ3) is 3.73. The molecule has 0 amide bonds. The second-order valence-corrected chi connectivity index (χ2v) is 5.64. The minimum atomic E-state index is 0.444. The Kier molecular flexibility index (Phi) is 4.87. The first kappa shape index (κ1) is 14.4. The van der Waals surface area contributed by atoms with E-state index in [2.05, 4.69) is 31.3 Å². The number of halogens is 2. The lowest BCUT2D eigenvalue weighted by Crippen LogP contribution is -2.21. The summed E-state index contributed by atoms with van der Waals surface area (Å²) in [7, 11) is 0. The molecule has 0 saturated heterocycles. The molecular formula is C16H17Cl2N. The van der Waals surface area contributed by atoms with E-state index in [1.54, 1.807) is 0 Å². The summed E-state index contributed by atoms with van der Waals surface area (Å²) in [6.07, 6.45) is 0. The third-order valence-corrected chi connectivity index (χ3v) is 3.62. The van der Waals surface area contributed by atoms with Gasteiger partial charge in [0.2, 0.25) is 0 Å². The van der Waals surface area contributed by atoms with Crippen LogP contribution in [0.5, 0.6) is 0 Å². The highest BCUT2D eigenvalue weighted by molar-refractivity contribution is 6.34. The molecular weight excluding hydrogens is 277 g/mol. The van der Waals surface area contributed by atoms with E-state index in [9.17, 15) is 0 Å². The zero-order valence-corrected chi connectivity index (χ0v) is 12.6. The molecule has 0 aliphatic rings. The van der Waals surface area contributed by atoms with Crippen molar-refractivity contribution < 1.29 is 0 Å². The lowest BCUT2D eigenvalue weighted by atomic mass is 10.0. The van der Waals surface area contributed by atoms with Gasteiger partial charge in [-0.05, 0) is 23.3 Å². The van der Waals surface area contributed by atoms with E-state index in [0.29, 0.717) is 6.04 Å². The van der Waals surface area contributed by atoms with E-state index >= 15 is 0 Å². The fourth-order valence-electron chi connectivity index (χ4n) is 1.87. The van der Waals surface area contributed by atoms with Crippen LogP contribution in [0.1, 0.15) is 19.4 Å². The molecule has 1 nitrogen and oxygen atoms in total. The van der Waals surface area contributed by atoms with Crippen molar-refractivity contribution in [2.24, 2.45) is 0 Å². The van der Waals surface area contributed by atoms with E-state index in [0.717, 1.165) is 33.3 Å². The van der Waals surface area contributed by atoms with Gasteiger partial charge >= 0.3 is 0 Å². The molecule has 100 valence electrons. The van der Waals surface area contributed by atoms with Crippen LogP contribution >= 0.6 is 23.2 Å². The molecule has 0 spiro atoms. The SMILES string of the molecule is CC(C)NCc1ccc(-c2ccccc2Cl)cc1Cl. The van der Waals surface area contributed by atoms with Crippen molar-refractivity contribution in [3.05, 3.63) is 58.1 Å². The molecule has 2 rings (SSSR count). The number of benzene rings is 2. The molecule has 0 saturated carbocycles. The monoisotopic (exact) mass is 293 g/mol. The van der Waals surface area contributed by atoms with Crippen molar-refractivity contribution in [2.75, 3.05) is 0 Å². The highest BCUT2D eigenvalue weighted by Gasteiger charge is 2.06. The molecule has 0 atom stereocenters. The molecule has 1 N–H and O–H groups in total. The molecule has 19 heavy (non-hydrogen) atoms. The molecule has 0 bridgehead atoms. The predicted molar refractivity (Wildman–Crippen MR) is 83.9 cm³/mol. The van der Waals surface area contributed by atoms with E-state index in [-0.39, 0.29) is 0 Å². The summed E-state index contributed by atoms with van der Waals surface area (Å²) in [6, 6.07) is 14.3. The highest BCUT2D eigenvalue weighted by atomic mass is 35.5. The zero-order chi connectivity index (χ0) is 13.8. The summed E-state index contributed by atoms with van der Waals surface area (Å²) in [5.41, 5.74) is 3.16. The van der Waals surface area contributed by atoms with Crippen molar-refractivity contribution in [2.45, 2.75) is 26.4 Å². The maximum Gasteiger partial charge on any atom is 0.0484 e. The standard InChI is InChI=1S/C16H17Cl2N/c1-11(2)19-10-13-8-7-12(9-16(13)18)14-5-3-4-6-15(14)17/h3-9,11,19H,10H2,1-2H3. The van der Waals surface area contributed by atoms with Gasteiger partial charge in [0.1, 0.15) is 0 Å². The van der Waals surface area contributed by atoms with Crippen molar-refractivity contribution in [3.63, 3.8) is 0 Å². The minimum Gasteiger partial charge on any atom is -0.310 e. The van der Waals surface area contributed by atoms with Gasteiger partial charge in [-0.1, -0.05) is 67.4 Å². The quantitative estimate of drug-likeness (QED) is 0.821. The van der Waals surface area contributed by atoms with Crippen LogP contribution in [-0.4, -0.2) is 6.04 Å². The topological polar surface area (TPSA) is 12.0 Å². The fourth-order valence-corrected chi connectivity index (χ4v) is 2.36. The van der Waals surface area contributed by atoms with Gasteiger partial charge in [0.15, 0.2) is 0 Å². The Labute approximate surface area is 124 Å². The van der Waals surface area contributed by atoms with E-state index in [1.165, 1.54) is 0 Å². The largest absolute Gasteiger partial charge is 0.310 e. The van der Waals surface area contributed by atoms with Gasteiger partial charge in [0, 0.05) is 28.2 Å². The molecule has 0 aliphatic heterocycles. The molecule has 0 aromatic heterocycles. The summed E-state index contributed by atoms with van der Waals surface area (Å²) < 4.78 is 0. The lowest BCUT2D eigenvalue weighted by Gasteiger charge is -2.11. The van der Waals surface area contributed by atoms with Gasteiger partial charge < -0.3 is 5.32 Å². The molecule has 0 unspecified atom stereocenters. The second kappa shape index (κ2) is 6.42. The van der Waals surface area contributed by atoms with Crippen LogP contribution in [0.3, 0.4) is 0 Å². The summed E-state index contributed by atoms with van der Waals surface area (Å²) in [6.45, 7) is 5.01. The average Bonchev–Trinajstić information content (AvgIpc) is 2.37. The first-order valence-corrected chi connectivity index (χ1v) is 7.10. The van der Waals surface area contributed by atoms with Gasteiger partial charge in [-0.15, -0.1) is 0 Å². The van der Waals surface area contributed by atoms with E-state index < -0.39 is 0 Å². The fraction of sp³-hybridized carbons (Fsp3) is 0.250. The maximum atomic E-state index is 6.33. The van der Waals surface area contributed by atoms with Crippen LogP contribution in [0.2, 0.25) is 10.0 Å². The Morgan fingerprint density at radius 3 is 2.37 bits per heavy atom. The first-order valence-electron chi connectivity index (χ1n) is 6.34. The Morgan fingerprint density at radius 1 is 1.00 bits per heavy atom. The maximum absolute atomic E-state index is 6.33. The van der Waals surface area contributed by atoms with Gasteiger partial charge in [-0.25, -0.2) is 0 Å². The molecule has 0 radical (unpaired) electrons. The lowest BCUT2D eigenvalue weighted by molar-refractivity contribution is 0.589. The van der Waals surface area contributed by atoms with Crippen molar-refractivity contribution in [3.8, 4) is 11.1 Å². The number of hydrogen-bond acceptors (Lipinski definition) is 1. The smallest absolute Gasteiger partial charge is 0.0484 e. The normalized spacial score (nSPS) is 11.0. The summed E-state index contributed by atoms with van der Waals surface area (Å²) in [5, 5.41) is 4.87. The van der Waals surface area contributed by atoms with E-state index in [1.807, 2.05) is 30.3 Å². The molecule has 0 heterocycles. The van der Waals surface area contributed by atoms with Crippen LogP contribution in [0, 0.1) is 0 Å².